The van der Waals surface area contributed by atoms with Crippen molar-refractivity contribution in [2.75, 3.05) is 18.4 Å². The molecule has 1 N–H and O–H groups in total. The van der Waals surface area contributed by atoms with Gasteiger partial charge >= 0.3 is 0 Å². The molecule has 142 valence electrons. The maximum Gasteiger partial charge on any atom is 0.230 e. The van der Waals surface area contributed by atoms with Gasteiger partial charge in [0.1, 0.15) is 5.76 Å². The molecule has 1 fully saturated rings. The molecule has 1 amide bonds. The summed E-state index contributed by atoms with van der Waals surface area (Å²) < 4.78 is 8.67. The zero-order chi connectivity index (χ0) is 19.1. The summed E-state index contributed by atoms with van der Waals surface area (Å²) in [6, 6.07) is 0. The number of rotatable bonds is 5. The lowest BCUT2D eigenvalue weighted by molar-refractivity contribution is -0.119. The van der Waals surface area contributed by atoms with Crippen LogP contribution in [0.3, 0.4) is 0 Å². The van der Waals surface area contributed by atoms with Gasteiger partial charge in [-0.25, -0.2) is 9.97 Å². The average Bonchev–Trinajstić information content (AvgIpc) is 3.21. The molecule has 0 bridgehead atoms. The second-order valence-electron chi connectivity index (χ2n) is 7.13. The minimum absolute atomic E-state index is 0.0301. The first-order valence-electron chi connectivity index (χ1n) is 8.57. The highest BCUT2D eigenvalue weighted by atomic mass is 32.2. The molecular weight excluding hydrogens is 387 g/mol. The van der Waals surface area contributed by atoms with Crippen LogP contribution in [0.5, 0.6) is 0 Å². The first-order chi connectivity index (χ1) is 12.2. The molecule has 3 heterocycles. The van der Waals surface area contributed by atoms with Gasteiger partial charge in [-0.15, -0.1) is 0 Å². The minimum Gasteiger partial charge on any atom is -0.444 e. The van der Waals surface area contributed by atoms with Gasteiger partial charge in [0, 0.05) is 13.1 Å². The van der Waals surface area contributed by atoms with E-state index >= 15 is 0 Å². The predicted molar refractivity (Wildman–Crippen MR) is 110 cm³/mol. The first-order valence-corrected chi connectivity index (χ1v) is 10.7. The maximum absolute atomic E-state index is 12.4. The number of aromatic nitrogens is 2. The minimum atomic E-state index is -0.316. The molecule has 0 spiro atoms. The number of hydrogen-bond acceptors (Lipinski definition) is 7. The Labute approximate surface area is 164 Å². The molecule has 26 heavy (non-hydrogen) atoms. The van der Waals surface area contributed by atoms with Crippen molar-refractivity contribution in [3.05, 3.63) is 23.0 Å². The molecule has 2 aromatic heterocycles. The second-order valence-corrected chi connectivity index (χ2v) is 10.8. The van der Waals surface area contributed by atoms with Crippen molar-refractivity contribution in [1.82, 2.24) is 14.6 Å². The van der Waals surface area contributed by atoms with E-state index in [-0.39, 0.29) is 16.6 Å². The fourth-order valence-electron chi connectivity index (χ4n) is 2.75. The van der Waals surface area contributed by atoms with Crippen LogP contribution in [0.1, 0.15) is 43.3 Å². The normalized spacial score (nSPS) is 18.5. The first kappa shape index (κ1) is 19.8. The number of nitrogens with one attached hydrogen (secondary N) is 1. The van der Waals surface area contributed by atoms with E-state index in [1.165, 1.54) is 11.3 Å². The lowest BCUT2D eigenvalue weighted by Crippen LogP contribution is -2.24. The summed E-state index contributed by atoms with van der Waals surface area (Å²) in [6.45, 7) is 11.7. The van der Waals surface area contributed by atoms with E-state index in [4.69, 9.17) is 4.42 Å². The largest absolute Gasteiger partial charge is 0.444 e. The van der Waals surface area contributed by atoms with Crippen molar-refractivity contribution in [2.24, 2.45) is 5.92 Å². The standard InChI is InChI=1S/C17H25N4O2PS2/c1-9-11(3)23-15(18-9)17(4,5)26-14-10(2)19-16(25-14)20-13(22)12-6-7-21(24)8-12/h12H,6-8,24H2,1-5H3,(H,19,20,22). The summed E-state index contributed by atoms with van der Waals surface area (Å²) >= 11 is 3.18. The SMILES string of the molecule is Cc1nc(C(C)(C)Sc2sc(NC(=O)C3CCN(P)C3)nc2C)oc1C. The number of amides is 1. The zero-order valence-corrected chi connectivity index (χ0v) is 18.5. The highest BCUT2D eigenvalue weighted by molar-refractivity contribution is 8.02. The van der Waals surface area contributed by atoms with Crippen molar-refractivity contribution in [2.45, 2.75) is 50.0 Å². The molecule has 0 radical (unpaired) electrons. The molecule has 2 aromatic rings. The third kappa shape index (κ3) is 4.30. The van der Waals surface area contributed by atoms with Gasteiger partial charge in [-0.1, -0.05) is 32.5 Å². The zero-order valence-electron chi connectivity index (χ0n) is 15.8. The fourth-order valence-corrected chi connectivity index (χ4v) is 5.71. The van der Waals surface area contributed by atoms with Crippen molar-refractivity contribution in [3.63, 3.8) is 0 Å². The summed E-state index contributed by atoms with van der Waals surface area (Å²) in [5, 5.41) is 3.64. The quantitative estimate of drug-likeness (QED) is 0.588. The Morgan fingerprint density at radius 1 is 1.35 bits per heavy atom. The van der Waals surface area contributed by atoms with Crippen LogP contribution in [-0.2, 0) is 9.54 Å². The Hall–Kier alpha value is -0.950. The number of hydrogen-bond donors (Lipinski definition) is 1. The van der Waals surface area contributed by atoms with Gasteiger partial charge in [-0.2, -0.15) is 0 Å². The van der Waals surface area contributed by atoms with Crippen LogP contribution in [0.25, 0.3) is 0 Å². The number of nitrogens with zero attached hydrogens (tertiary/aromatic N) is 3. The van der Waals surface area contributed by atoms with Crippen LogP contribution in [0.4, 0.5) is 5.13 Å². The van der Waals surface area contributed by atoms with Crippen LogP contribution >= 0.6 is 32.5 Å². The van der Waals surface area contributed by atoms with E-state index < -0.39 is 0 Å². The molecule has 1 aliphatic rings. The van der Waals surface area contributed by atoms with Crippen molar-refractivity contribution in [3.8, 4) is 0 Å². The van der Waals surface area contributed by atoms with E-state index in [9.17, 15) is 4.79 Å². The third-order valence-corrected chi connectivity index (χ3v) is 7.47. The summed E-state index contributed by atoms with van der Waals surface area (Å²) in [4.78, 5) is 21.5. The molecule has 0 saturated carbocycles. The topological polar surface area (TPSA) is 71.3 Å². The number of carbonyl (C=O) groups excluding carboxylic acids is 1. The molecule has 0 aromatic carbocycles. The Morgan fingerprint density at radius 3 is 2.65 bits per heavy atom. The highest BCUT2D eigenvalue weighted by Gasteiger charge is 2.31. The molecule has 1 saturated heterocycles. The van der Waals surface area contributed by atoms with Gasteiger partial charge < -0.3 is 9.73 Å². The maximum atomic E-state index is 12.4. The molecule has 0 aliphatic carbocycles. The predicted octanol–water partition coefficient (Wildman–Crippen LogP) is 4.13. The Kier molecular flexibility index (Phi) is 5.78. The van der Waals surface area contributed by atoms with Crippen LogP contribution < -0.4 is 5.32 Å². The molecule has 2 atom stereocenters. The molecular formula is C17H25N4O2PS2. The summed E-state index contributed by atoms with van der Waals surface area (Å²) in [7, 11) is 2.66. The number of aryl methyl sites for hydroxylation is 3. The molecule has 3 rings (SSSR count). The molecule has 9 heteroatoms. The number of oxazole rings is 1. The second kappa shape index (κ2) is 7.58. The van der Waals surface area contributed by atoms with Gasteiger partial charge in [0.25, 0.3) is 0 Å². The number of thiazole rings is 1. The monoisotopic (exact) mass is 412 g/mol. The third-order valence-electron chi connectivity index (χ3n) is 4.47. The Balaban J connectivity index is 1.70. The van der Waals surface area contributed by atoms with Crippen LogP contribution in [-0.4, -0.2) is 33.6 Å². The number of anilines is 1. The van der Waals surface area contributed by atoms with Gasteiger partial charge in [-0.3, -0.25) is 9.46 Å². The smallest absolute Gasteiger partial charge is 0.230 e. The van der Waals surface area contributed by atoms with E-state index in [0.29, 0.717) is 11.0 Å². The van der Waals surface area contributed by atoms with Crippen molar-refractivity contribution in [1.29, 1.82) is 0 Å². The highest BCUT2D eigenvalue weighted by Crippen LogP contribution is 2.45. The van der Waals surface area contributed by atoms with E-state index in [1.807, 2.05) is 20.8 Å². The molecule has 1 aliphatic heterocycles. The van der Waals surface area contributed by atoms with Crippen LogP contribution in [0.2, 0.25) is 0 Å². The lowest BCUT2D eigenvalue weighted by Gasteiger charge is -2.19. The van der Waals surface area contributed by atoms with E-state index in [2.05, 4.69) is 43.2 Å². The Morgan fingerprint density at radius 2 is 2.08 bits per heavy atom. The number of carbonyl (C=O) groups is 1. The fraction of sp³-hybridized carbons (Fsp3) is 0.588. The van der Waals surface area contributed by atoms with Crippen LogP contribution in [0, 0.1) is 26.7 Å². The van der Waals surface area contributed by atoms with Crippen molar-refractivity contribution < 1.29 is 9.21 Å². The average molecular weight is 413 g/mol. The van der Waals surface area contributed by atoms with E-state index in [0.717, 1.165) is 40.9 Å². The summed E-state index contributed by atoms with van der Waals surface area (Å²) in [5.74, 6) is 1.64. The number of thioether (sulfide) groups is 1. The van der Waals surface area contributed by atoms with Gasteiger partial charge in [0.05, 0.1) is 26.3 Å². The van der Waals surface area contributed by atoms with E-state index in [1.54, 1.807) is 11.8 Å². The lowest BCUT2D eigenvalue weighted by atomic mass is 10.1. The van der Waals surface area contributed by atoms with Crippen LogP contribution in [0.15, 0.2) is 8.63 Å². The summed E-state index contributed by atoms with van der Waals surface area (Å²) in [6.07, 6.45) is 0.886. The Bertz CT molecular complexity index is 798. The van der Waals surface area contributed by atoms with Crippen molar-refractivity contribution >= 4 is 43.5 Å². The molecule has 2 unspecified atom stereocenters. The van der Waals surface area contributed by atoms with Gasteiger partial charge in [-0.05, 0) is 41.0 Å². The van der Waals surface area contributed by atoms with Gasteiger partial charge in [0.15, 0.2) is 5.13 Å². The van der Waals surface area contributed by atoms with Gasteiger partial charge in [0.2, 0.25) is 11.8 Å². The molecule has 6 nitrogen and oxygen atoms in total. The summed E-state index contributed by atoms with van der Waals surface area (Å²) in [5.41, 5.74) is 1.84.